The van der Waals surface area contributed by atoms with Crippen molar-refractivity contribution in [2.24, 2.45) is 5.92 Å². The molecule has 1 saturated carbocycles. The number of hydrogen-bond donors (Lipinski definition) is 1. The molecule has 2 atom stereocenters. The van der Waals surface area contributed by atoms with Crippen LogP contribution in [0.5, 0.6) is 0 Å². The van der Waals surface area contributed by atoms with Gasteiger partial charge in [0.15, 0.2) is 0 Å². The Morgan fingerprint density at radius 1 is 1.36 bits per heavy atom. The van der Waals surface area contributed by atoms with Gasteiger partial charge in [-0.25, -0.2) is 0 Å². The molecule has 1 aliphatic carbocycles. The van der Waals surface area contributed by atoms with Gasteiger partial charge in [-0.2, -0.15) is 0 Å². The second-order valence-corrected chi connectivity index (χ2v) is 3.73. The van der Waals surface area contributed by atoms with Crippen LogP contribution in [-0.4, -0.2) is 36.8 Å². The summed E-state index contributed by atoms with van der Waals surface area (Å²) in [5, 5.41) is 8.81. The molecular weight excluding hydrogens is 138 g/mol. The molecule has 0 radical (unpaired) electrons. The first-order valence-electron chi connectivity index (χ1n) is 4.53. The molecule has 1 rings (SSSR count). The van der Waals surface area contributed by atoms with E-state index in [1.54, 1.807) is 0 Å². The number of aliphatic hydroxyl groups is 1. The molecule has 0 spiro atoms. The van der Waals surface area contributed by atoms with Gasteiger partial charge in [0, 0.05) is 12.6 Å². The third kappa shape index (κ3) is 2.17. The third-order valence-electron chi connectivity index (χ3n) is 2.78. The summed E-state index contributed by atoms with van der Waals surface area (Å²) in [6.07, 6.45) is 4.96. The molecule has 66 valence electrons. The molecule has 0 aliphatic heterocycles. The van der Waals surface area contributed by atoms with Gasteiger partial charge < -0.3 is 10.0 Å². The van der Waals surface area contributed by atoms with Gasteiger partial charge in [-0.05, 0) is 39.3 Å². The van der Waals surface area contributed by atoms with Crippen LogP contribution in [0.2, 0.25) is 0 Å². The molecule has 1 aliphatic rings. The van der Waals surface area contributed by atoms with E-state index in [-0.39, 0.29) is 0 Å². The van der Waals surface area contributed by atoms with E-state index < -0.39 is 0 Å². The summed E-state index contributed by atoms with van der Waals surface area (Å²) in [4.78, 5) is 2.30. The van der Waals surface area contributed by atoms with E-state index in [4.69, 9.17) is 5.11 Å². The highest BCUT2D eigenvalue weighted by atomic mass is 16.3. The first kappa shape index (κ1) is 9.01. The molecule has 0 aromatic carbocycles. The average Bonchev–Trinajstić information content (AvgIpc) is 2.36. The second-order valence-electron chi connectivity index (χ2n) is 3.73. The first-order chi connectivity index (χ1) is 5.25. The Balaban J connectivity index is 2.37. The monoisotopic (exact) mass is 157 g/mol. The Hall–Kier alpha value is -0.0800. The summed E-state index contributed by atoms with van der Waals surface area (Å²) in [5.41, 5.74) is 0. The zero-order valence-corrected chi connectivity index (χ0v) is 7.58. The smallest absolute Gasteiger partial charge is 0.0434 e. The van der Waals surface area contributed by atoms with Gasteiger partial charge in [-0.1, -0.05) is 6.42 Å². The molecule has 0 saturated heterocycles. The predicted molar refractivity (Wildman–Crippen MR) is 46.5 cm³/mol. The second kappa shape index (κ2) is 4.07. The van der Waals surface area contributed by atoms with Crippen LogP contribution in [0.15, 0.2) is 0 Å². The normalized spacial score (nSPS) is 31.6. The van der Waals surface area contributed by atoms with Crippen molar-refractivity contribution in [2.75, 3.05) is 20.7 Å². The SMILES string of the molecule is CN(C)C1CCCC1CCO. The van der Waals surface area contributed by atoms with Crippen LogP contribution in [0.25, 0.3) is 0 Å². The summed E-state index contributed by atoms with van der Waals surface area (Å²) in [7, 11) is 4.28. The van der Waals surface area contributed by atoms with Gasteiger partial charge >= 0.3 is 0 Å². The molecule has 1 fully saturated rings. The Kier molecular flexibility index (Phi) is 3.34. The summed E-state index contributed by atoms with van der Waals surface area (Å²) in [6.45, 7) is 0.356. The van der Waals surface area contributed by atoms with E-state index in [0.717, 1.165) is 18.4 Å². The molecule has 0 aromatic rings. The molecule has 2 unspecified atom stereocenters. The summed E-state index contributed by atoms with van der Waals surface area (Å²) in [5.74, 6) is 0.745. The van der Waals surface area contributed by atoms with E-state index >= 15 is 0 Å². The van der Waals surface area contributed by atoms with E-state index in [1.807, 2.05) is 0 Å². The highest BCUT2D eigenvalue weighted by molar-refractivity contribution is 4.82. The fraction of sp³-hybridized carbons (Fsp3) is 1.00. The van der Waals surface area contributed by atoms with E-state index in [1.165, 1.54) is 19.3 Å². The number of hydrogen-bond acceptors (Lipinski definition) is 2. The molecule has 11 heavy (non-hydrogen) atoms. The summed E-state index contributed by atoms with van der Waals surface area (Å²) in [6, 6.07) is 0.724. The lowest BCUT2D eigenvalue weighted by Crippen LogP contribution is -2.31. The fourth-order valence-electron chi connectivity index (χ4n) is 2.20. The van der Waals surface area contributed by atoms with Crippen LogP contribution in [0.1, 0.15) is 25.7 Å². The standard InChI is InChI=1S/C9H19NO/c1-10(2)9-5-3-4-8(9)6-7-11/h8-9,11H,3-7H2,1-2H3. The van der Waals surface area contributed by atoms with E-state index in [0.29, 0.717) is 6.61 Å². The Labute approximate surface area is 69.2 Å². The summed E-state index contributed by atoms with van der Waals surface area (Å²) < 4.78 is 0. The van der Waals surface area contributed by atoms with Crippen molar-refractivity contribution >= 4 is 0 Å². The topological polar surface area (TPSA) is 23.5 Å². The maximum Gasteiger partial charge on any atom is 0.0434 e. The Morgan fingerprint density at radius 2 is 2.09 bits per heavy atom. The van der Waals surface area contributed by atoms with Gasteiger partial charge in [0.2, 0.25) is 0 Å². The molecule has 0 amide bonds. The van der Waals surface area contributed by atoms with Gasteiger partial charge in [-0.3, -0.25) is 0 Å². The minimum atomic E-state index is 0.356. The number of rotatable bonds is 3. The lowest BCUT2D eigenvalue weighted by atomic mass is 9.99. The van der Waals surface area contributed by atoms with Crippen molar-refractivity contribution in [1.82, 2.24) is 4.90 Å². The van der Waals surface area contributed by atoms with Crippen molar-refractivity contribution < 1.29 is 5.11 Å². The van der Waals surface area contributed by atoms with Crippen LogP contribution in [-0.2, 0) is 0 Å². The molecule has 0 heterocycles. The van der Waals surface area contributed by atoms with Crippen LogP contribution in [0.3, 0.4) is 0 Å². The molecule has 2 nitrogen and oxygen atoms in total. The Bertz CT molecular complexity index is 114. The minimum absolute atomic E-state index is 0.356. The van der Waals surface area contributed by atoms with Crippen LogP contribution in [0.4, 0.5) is 0 Å². The van der Waals surface area contributed by atoms with Crippen molar-refractivity contribution in [3.8, 4) is 0 Å². The van der Waals surface area contributed by atoms with Gasteiger partial charge in [0.25, 0.3) is 0 Å². The maximum atomic E-state index is 8.81. The molecule has 0 bridgehead atoms. The molecule has 0 aromatic heterocycles. The Morgan fingerprint density at radius 3 is 2.64 bits per heavy atom. The van der Waals surface area contributed by atoms with E-state index in [9.17, 15) is 0 Å². The number of aliphatic hydroxyl groups excluding tert-OH is 1. The summed E-state index contributed by atoms with van der Waals surface area (Å²) >= 11 is 0. The van der Waals surface area contributed by atoms with Crippen molar-refractivity contribution in [3.63, 3.8) is 0 Å². The lowest BCUT2D eigenvalue weighted by Gasteiger charge is -2.25. The van der Waals surface area contributed by atoms with Crippen molar-refractivity contribution in [3.05, 3.63) is 0 Å². The molecular formula is C9H19NO. The van der Waals surface area contributed by atoms with Gasteiger partial charge in [0.1, 0.15) is 0 Å². The quantitative estimate of drug-likeness (QED) is 0.663. The zero-order valence-electron chi connectivity index (χ0n) is 7.58. The highest BCUT2D eigenvalue weighted by Gasteiger charge is 2.27. The van der Waals surface area contributed by atoms with Crippen LogP contribution in [0, 0.1) is 5.92 Å². The largest absolute Gasteiger partial charge is 0.396 e. The molecule has 2 heteroatoms. The van der Waals surface area contributed by atoms with Crippen LogP contribution >= 0.6 is 0 Å². The van der Waals surface area contributed by atoms with Crippen molar-refractivity contribution in [1.29, 1.82) is 0 Å². The zero-order chi connectivity index (χ0) is 8.27. The third-order valence-corrected chi connectivity index (χ3v) is 2.78. The fourth-order valence-corrected chi connectivity index (χ4v) is 2.20. The van der Waals surface area contributed by atoms with Crippen LogP contribution < -0.4 is 0 Å². The van der Waals surface area contributed by atoms with E-state index in [2.05, 4.69) is 19.0 Å². The average molecular weight is 157 g/mol. The first-order valence-corrected chi connectivity index (χ1v) is 4.53. The maximum absolute atomic E-state index is 8.81. The molecule has 1 N–H and O–H groups in total. The lowest BCUT2D eigenvalue weighted by molar-refractivity contribution is 0.190. The predicted octanol–water partition coefficient (Wildman–Crippen LogP) is 1.10. The van der Waals surface area contributed by atoms with Gasteiger partial charge in [-0.15, -0.1) is 0 Å². The number of nitrogens with zero attached hydrogens (tertiary/aromatic N) is 1. The highest BCUT2D eigenvalue weighted by Crippen LogP contribution is 2.30. The van der Waals surface area contributed by atoms with Crippen molar-refractivity contribution in [2.45, 2.75) is 31.7 Å². The minimum Gasteiger partial charge on any atom is -0.396 e. The van der Waals surface area contributed by atoms with Gasteiger partial charge in [0.05, 0.1) is 0 Å².